The van der Waals surface area contributed by atoms with Gasteiger partial charge in [0.25, 0.3) is 0 Å². The SMILES string of the molecule is C[C@H]1CN(C[C@H](O)COC[C@@H]2C[C@@H]3CC[C@@H]2C3)C[C@H](C)O1. The molecule has 2 bridgehead atoms. The highest BCUT2D eigenvalue weighted by Gasteiger charge is 2.39. The van der Waals surface area contributed by atoms with E-state index in [0.717, 1.165) is 37.5 Å². The van der Waals surface area contributed by atoms with Crippen molar-refractivity contribution in [2.75, 3.05) is 32.8 Å². The van der Waals surface area contributed by atoms with E-state index >= 15 is 0 Å². The summed E-state index contributed by atoms with van der Waals surface area (Å²) in [6.07, 6.45) is 5.79. The molecule has 3 rings (SSSR count). The van der Waals surface area contributed by atoms with Gasteiger partial charge in [0.15, 0.2) is 0 Å². The summed E-state index contributed by atoms with van der Waals surface area (Å²) in [6.45, 7) is 8.06. The van der Waals surface area contributed by atoms with Gasteiger partial charge in [-0.1, -0.05) is 6.42 Å². The van der Waals surface area contributed by atoms with E-state index in [1.807, 2.05) is 0 Å². The highest BCUT2D eigenvalue weighted by Crippen LogP contribution is 2.48. The lowest BCUT2D eigenvalue weighted by Crippen LogP contribution is -2.48. The summed E-state index contributed by atoms with van der Waals surface area (Å²) in [5.41, 5.74) is 0. The Morgan fingerprint density at radius 2 is 1.95 bits per heavy atom. The summed E-state index contributed by atoms with van der Waals surface area (Å²) < 4.78 is 11.5. The van der Waals surface area contributed by atoms with Gasteiger partial charge in [-0.2, -0.15) is 0 Å². The maximum atomic E-state index is 10.2. The Labute approximate surface area is 128 Å². The second-order valence-corrected chi connectivity index (χ2v) is 7.60. The number of rotatable bonds is 6. The normalized spacial score (nSPS) is 41.6. The predicted molar refractivity (Wildman–Crippen MR) is 82.2 cm³/mol. The maximum Gasteiger partial charge on any atom is 0.0900 e. The van der Waals surface area contributed by atoms with E-state index in [2.05, 4.69) is 18.7 Å². The van der Waals surface area contributed by atoms with Crippen LogP contribution in [0.5, 0.6) is 0 Å². The predicted octanol–water partition coefficient (Wildman–Crippen LogP) is 1.91. The van der Waals surface area contributed by atoms with E-state index in [-0.39, 0.29) is 18.3 Å². The van der Waals surface area contributed by atoms with Gasteiger partial charge in [-0.15, -0.1) is 0 Å². The number of morpholine rings is 1. The third-order valence-corrected chi connectivity index (χ3v) is 5.49. The van der Waals surface area contributed by atoms with Gasteiger partial charge in [-0.05, 0) is 50.9 Å². The zero-order valence-corrected chi connectivity index (χ0v) is 13.5. The van der Waals surface area contributed by atoms with E-state index in [1.165, 1.54) is 25.7 Å². The van der Waals surface area contributed by atoms with Crippen molar-refractivity contribution in [1.29, 1.82) is 0 Å². The van der Waals surface area contributed by atoms with Crippen LogP contribution in [0.1, 0.15) is 39.5 Å². The molecule has 1 aliphatic heterocycles. The van der Waals surface area contributed by atoms with Crippen molar-refractivity contribution in [3.63, 3.8) is 0 Å². The molecule has 2 aliphatic carbocycles. The molecule has 3 aliphatic rings. The minimum absolute atomic E-state index is 0.260. The van der Waals surface area contributed by atoms with Gasteiger partial charge < -0.3 is 14.6 Å². The zero-order valence-electron chi connectivity index (χ0n) is 13.5. The zero-order chi connectivity index (χ0) is 14.8. The quantitative estimate of drug-likeness (QED) is 0.813. The lowest BCUT2D eigenvalue weighted by Gasteiger charge is -2.36. The van der Waals surface area contributed by atoms with Crippen LogP contribution in [-0.4, -0.2) is 61.2 Å². The first-order valence-electron chi connectivity index (χ1n) is 8.73. The fourth-order valence-electron chi connectivity index (χ4n) is 4.72. The highest BCUT2D eigenvalue weighted by atomic mass is 16.5. The molecule has 122 valence electrons. The van der Waals surface area contributed by atoms with Crippen LogP contribution in [0.2, 0.25) is 0 Å². The van der Waals surface area contributed by atoms with Gasteiger partial charge in [0, 0.05) is 26.2 Å². The minimum Gasteiger partial charge on any atom is -0.389 e. The molecule has 1 N–H and O–H groups in total. The molecule has 3 fully saturated rings. The molecule has 6 atom stereocenters. The first-order valence-corrected chi connectivity index (χ1v) is 8.73. The van der Waals surface area contributed by atoms with Gasteiger partial charge in [0.05, 0.1) is 24.9 Å². The molecule has 1 heterocycles. The van der Waals surface area contributed by atoms with Crippen LogP contribution in [0.15, 0.2) is 0 Å². The second kappa shape index (κ2) is 6.95. The molecular formula is C17H31NO3. The Bertz CT molecular complexity index is 328. The van der Waals surface area contributed by atoms with Crippen molar-refractivity contribution in [2.24, 2.45) is 17.8 Å². The van der Waals surface area contributed by atoms with E-state index in [1.54, 1.807) is 0 Å². The summed E-state index contributed by atoms with van der Waals surface area (Å²) in [5, 5.41) is 10.2. The molecule has 0 amide bonds. The average Bonchev–Trinajstić information content (AvgIpc) is 2.99. The molecular weight excluding hydrogens is 266 g/mol. The van der Waals surface area contributed by atoms with E-state index < -0.39 is 0 Å². The molecule has 0 spiro atoms. The Morgan fingerprint density at radius 3 is 2.57 bits per heavy atom. The lowest BCUT2D eigenvalue weighted by atomic mass is 9.90. The number of ether oxygens (including phenoxy) is 2. The molecule has 0 radical (unpaired) electrons. The average molecular weight is 297 g/mol. The van der Waals surface area contributed by atoms with Crippen molar-refractivity contribution < 1.29 is 14.6 Å². The molecule has 0 aromatic carbocycles. The van der Waals surface area contributed by atoms with E-state index in [0.29, 0.717) is 13.2 Å². The number of aliphatic hydroxyl groups is 1. The molecule has 0 aromatic heterocycles. The summed E-state index contributed by atoms with van der Waals surface area (Å²) in [5.74, 6) is 2.65. The lowest BCUT2D eigenvalue weighted by molar-refractivity contribution is -0.0832. The summed E-state index contributed by atoms with van der Waals surface area (Å²) in [6, 6.07) is 0. The molecule has 21 heavy (non-hydrogen) atoms. The third kappa shape index (κ3) is 4.19. The second-order valence-electron chi connectivity index (χ2n) is 7.60. The minimum atomic E-state index is -0.374. The summed E-state index contributed by atoms with van der Waals surface area (Å²) in [7, 11) is 0. The molecule has 0 unspecified atom stereocenters. The summed E-state index contributed by atoms with van der Waals surface area (Å²) >= 11 is 0. The van der Waals surface area contributed by atoms with Gasteiger partial charge >= 0.3 is 0 Å². The van der Waals surface area contributed by atoms with Crippen LogP contribution < -0.4 is 0 Å². The molecule has 4 nitrogen and oxygen atoms in total. The van der Waals surface area contributed by atoms with Gasteiger partial charge in [0.2, 0.25) is 0 Å². The van der Waals surface area contributed by atoms with Gasteiger partial charge in [-0.3, -0.25) is 4.90 Å². The summed E-state index contributed by atoms with van der Waals surface area (Å²) in [4.78, 5) is 2.30. The fraction of sp³-hybridized carbons (Fsp3) is 1.00. The Morgan fingerprint density at radius 1 is 1.19 bits per heavy atom. The van der Waals surface area contributed by atoms with Crippen LogP contribution in [0.3, 0.4) is 0 Å². The number of β-amino-alcohol motifs (C(OH)–C–C–N with tert-alkyl or cyclic N) is 1. The van der Waals surface area contributed by atoms with Crippen LogP contribution in [0.25, 0.3) is 0 Å². The monoisotopic (exact) mass is 297 g/mol. The number of nitrogens with zero attached hydrogens (tertiary/aromatic N) is 1. The van der Waals surface area contributed by atoms with E-state index in [4.69, 9.17) is 9.47 Å². The Hall–Kier alpha value is -0.160. The number of aliphatic hydroxyl groups excluding tert-OH is 1. The fourth-order valence-corrected chi connectivity index (χ4v) is 4.72. The van der Waals surface area contributed by atoms with Crippen molar-refractivity contribution in [1.82, 2.24) is 4.90 Å². The highest BCUT2D eigenvalue weighted by molar-refractivity contribution is 4.89. The van der Waals surface area contributed by atoms with E-state index in [9.17, 15) is 5.11 Å². The Kier molecular flexibility index (Phi) is 5.20. The van der Waals surface area contributed by atoms with Gasteiger partial charge in [0.1, 0.15) is 0 Å². The molecule has 1 saturated heterocycles. The molecule has 4 heteroatoms. The van der Waals surface area contributed by atoms with Crippen LogP contribution in [0.4, 0.5) is 0 Å². The van der Waals surface area contributed by atoms with Crippen LogP contribution in [0, 0.1) is 17.8 Å². The maximum absolute atomic E-state index is 10.2. The first kappa shape index (κ1) is 15.7. The van der Waals surface area contributed by atoms with Crippen molar-refractivity contribution in [2.45, 2.75) is 57.8 Å². The standard InChI is InChI=1S/C17H31NO3/c1-12-7-18(8-13(2)21-12)9-17(19)11-20-10-16-6-14-3-4-15(16)5-14/h12-17,19H,3-11H2,1-2H3/t12-,13-,14+,15+,16-,17-/m0/s1. The Balaban J connectivity index is 1.32. The van der Waals surface area contributed by atoms with Gasteiger partial charge in [-0.25, -0.2) is 0 Å². The smallest absolute Gasteiger partial charge is 0.0900 e. The number of hydrogen-bond acceptors (Lipinski definition) is 4. The topological polar surface area (TPSA) is 41.9 Å². The molecule has 2 saturated carbocycles. The molecule has 0 aromatic rings. The van der Waals surface area contributed by atoms with Crippen molar-refractivity contribution >= 4 is 0 Å². The van der Waals surface area contributed by atoms with Crippen LogP contribution in [-0.2, 0) is 9.47 Å². The largest absolute Gasteiger partial charge is 0.389 e. The third-order valence-electron chi connectivity index (χ3n) is 5.49. The van der Waals surface area contributed by atoms with Crippen molar-refractivity contribution in [3.05, 3.63) is 0 Å². The first-order chi connectivity index (χ1) is 10.1. The van der Waals surface area contributed by atoms with Crippen molar-refractivity contribution in [3.8, 4) is 0 Å². The number of hydrogen-bond donors (Lipinski definition) is 1. The van der Waals surface area contributed by atoms with Crippen LogP contribution >= 0.6 is 0 Å². The number of fused-ring (bicyclic) bond motifs is 2.